The van der Waals surface area contributed by atoms with Crippen LogP contribution in [0, 0.1) is 0 Å². The molecule has 0 saturated carbocycles. The quantitative estimate of drug-likeness (QED) is 0.331. The largest absolute Gasteiger partial charge is 0.261 e. The van der Waals surface area contributed by atoms with E-state index in [4.69, 9.17) is 4.98 Å². The van der Waals surface area contributed by atoms with Gasteiger partial charge in [0.25, 0.3) is 0 Å². The Balaban J connectivity index is 2.37. The highest BCUT2D eigenvalue weighted by Gasteiger charge is 2.12. The highest BCUT2D eigenvalue weighted by atomic mass is 14.8. The van der Waals surface area contributed by atoms with E-state index in [1.807, 2.05) is 12.4 Å². The van der Waals surface area contributed by atoms with Crippen molar-refractivity contribution in [2.24, 2.45) is 0 Å². The summed E-state index contributed by atoms with van der Waals surface area (Å²) >= 11 is 0. The van der Waals surface area contributed by atoms with Gasteiger partial charge < -0.3 is 0 Å². The van der Waals surface area contributed by atoms with Gasteiger partial charge in [0.15, 0.2) is 0 Å². The van der Waals surface area contributed by atoms with Crippen LogP contribution >= 0.6 is 0 Å². The fourth-order valence-corrected chi connectivity index (χ4v) is 3.28. The predicted molar refractivity (Wildman–Crippen MR) is 106 cm³/mol. The van der Waals surface area contributed by atoms with Crippen LogP contribution in [0.15, 0.2) is 12.4 Å². The molecule has 0 aliphatic carbocycles. The van der Waals surface area contributed by atoms with Crippen LogP contribution in [0.2, 0.25) is 0 Å². The molecule has 138 valence electrons. The van der Waals surface area contributed by atoms with E-state index in [9.17, 15) is 0 Å². The molecule has 0 spiro atoms. The molecule has 24 heavy (non-hydrogen) atoms. The Morgan fingerprint density at radius 2 is 1.08 bits per heavy atom. The molecule has 0 amide bonds. The van der Waals surface area contributed by atoms with E-state index in [-0.39, 0.29) is 0 Å². The van der Waals surface area contributed by atoms with Gasteiger partial charge in [-0.1, -0.05) is 91.9 Å². The summed E-state index contributed by atoms with van der Waals surface area (Å²) in [6.07, 6.45) is 20.0. The predicted octanol–water partition coefficient (Wildman–Crippen LogP) is 7.40. The molecule has 2 nitrogen and oxygen atoms in total. The van der Waals surface area contributed by atoms with Crippen molar-refractivity contribution in [3.05, 3.63) is 23.8 Å². The van der Waals surface area contributed by atoms with Gasteiger partial charge in [-0.3, -0.25) is 9.97 Å². The first-order valence-electron chi connectivity index (χ1n) is 10.5. The molecule has 2 atom stereocenters. The Morgan fingerprint density at radius 1 is 0.667 bits per heavy atom. The number of hydrogen-bond acceptors (Lipinski definition) is 2. The van der Waals surface area contributed by atoms with Crippen molar-refractivity contribution in [3.63, 3.8) is 0 Å². The average Bonchev–Trinajstić information content (AvgIpc) is 2.61. The van der Waals surface area contributed by atoms with Crippen LogP contribution in [0.25, 0.3) is 0 Å². The Hall–Kier alpha value is -0.920. The molecule has 1 aromatic heterocycles. The zero-order valence-electron chi connectivity index (χ0n) is 16.7. The summed E-state index contributed by atoms with van der Waals surface area (Å²) < 4.78 is 0. The lowest BCUT2D eigenvalue weighted by molar-refractivity contribution is 0.542. The fourth-order valence-electron chi connectivity index (χ4n) is 3.28. The maximum absolute atomic E-state index is 4.94. The zero-order chi connectivity index (χ0) is 17.6. The number of nitrogens with zero attached hydrogens (tertiary/aromatic N) is 2. The maximum atomic E-state index is 4.94. The Morgan fingerprint density at radius 3 is 1.58 bits per heavy atom. The molecule has 0 N–H and O–H groups in total. The Kier molecular flexibility index (Phi) is 11.8. The summed E-state index contributed by atoms with van der Waals surface area (Å²) in [7, 11) is 0. The maximum Gasteiger partial charge on any atom is 0.0618 e. The second-order valence-corrected chi connectivity index (χ2v) is 7.58. The first kappa shape index (κ1) is 21.1. The van der Waals surface area contributed by atoms with Crippen LogP contribution < -0.4 is 0 Å². The average molecular weight is 333 g/mol. The summed E-state index contributed by atoms with van der Waals surface area (Å²) in [5.41, 5.74) is 2.39. The van der Waals surface area contributed by atoms with Gasteiger partial charge in [-0.05, 0) is 24.7 Å². The molecule has 0 aromatic carbocycles. The molecule has 1 aromatic rings. The van der Waals surface area contributed by atoms with Crippen molar-refractivity contribution < 1.29 is 0 Å². The number of hydrogen-bond donors (Lipinski definition) is 0. The molecule has 2 heteroatoms. The van der Waals surface area contributed by atoms with Gasteiger partial charge >= 0.3 is 0 Å². The van der Waals surface area contributed by atoms with E-state index in [2.05, 4.69) is 32.7 Å². The molecule has 0 bridgehead atoms. The van der Waals surface area contributed by atoms with E-state index in [0.29, 0.717) is 11.8 Å². The minimum atomic E-state index is 0.538. The summed E-state index contributed by atoms with van der Waals surface area (Å²) in [4.78, 5) is 9.41. The van der Waals surface area contributed by atoms with Crippen LogP contribution in [0.4, 0.5) is 0 Å². The normalized spacial score (nSPS) is 13.8. The van der Waals surface area contributed by atoms with Crippen LogP contribution in [0.5, 0.6) is 0 Å². The van der Waals surface area contributed by atoms with Gasteiger partial charge in [-0.25, -0.2) is 0 Å². The highest BCUT2D eigenvalue weighted by molar-refractivity contribution is 5.10. The van der Waals surface area contributed by atoms with E-state index in [0.717, 1.165) is 0 Å². The topological polar surface area (TPSA) is 25.8 Å². The molecule has 0 saturated heterocycles. The van der Waals surface area contributed by atoms with Crippen LogP contribution in [-0.2, 0) is 0 Å². The lowest BCUT2D eigenvalue weighted by Crippen LogP contribution is -2.04. The molecular weight excluding hydrogens is 292 g/mol. The Bertz CT molecular complexity index is 416. The van der Waals surface area contributed by atoms with Crippen LogP contribution in [0.3, 0.4) is 0 Å². The molecular formula is C22H40N2. The fraction of sp³-hybridized carbons (Fsp3) is 0.818. The molecule has 0 aliphatic rings. The van der Waals surface area contributed by atoms with E-state index >= 15 is 0 Å². The standard InChI is InChI=1S/C22H40N2/c1-5-7-9-11-12-14-16-20(4)22-18-23-17-21(24-22)19(3)15-13-10-8-6-2/h17-20H,5-16H2,1-4H3. The molecule has 0 radical (unpaired) electrons. The SMILES string of the molecule is CCCCCCCCC(C)c1cncc(C(C)CCCCCC)n1. The van der Waals surface area contributed by atoms with Crippen molar-refractivity contribution in [1.82, 2.24) is 9.97 Å². The second kappa shape index (κ2) is 13.4. The molecule has 0 aliphatic heterocycles. The lowest BCUT2D eigenvalue weighted by atomic mass is 9.97. The van der Waals surface area contributed by atoms with Crippen LogP contribution in [-0.4, -0.2) is 9.97 Å². The summed E-state index contributed by atoms with van der Waals surface area (Å²) in [6, 6.07) is 0. The van der Waals surface area contributed by atoms with Crippen LogP contribution in [0.1, 0.15) is 128 Å². The van der Waals surface area contributed by atoms with Gasteiger partial charge in [-0.2, -0.15) is 0 Å². The summed E-state index contributed by atoms with van der Waals surface area (Å²) in [6.45, 7) is 9.16. The third kappa shape index (κ3) is 8.80. The number of rotatable bonds is 14. The van der Waals surface area contributed by atoms with Crippen molar-refractivity contribution in [1.29, 1.82) is 0 Å². The smallest absolute Gasteiger partial charge is 0.0618 e. The van der Waals surface area contributed by atoms with E-state index in [1.165, 1.54) is 88.4 Å². The Labute approximate surface area is 150 Å². The molecule has 2 unspecified atom stereocenters. The zero-order valence-corrected chi connectivity index (χ0v) is 16.7. The number of aromatic nitrogens is 2. The van der Waals surface area contributed by atoms with Crippen molar-refractivity contribution >= 4 is 0 Å². The first-order chi connectivity index (χ1) is 11.7. The van der Waals surface area contributed by atoms with E-state index < -0.39 is 0 Å². The van der Waals surface area contributed by atoms with E-state index in [1.54, 1.807) is 0 Å². The monoisotopic (exact) mass is 332 g/mol. The third-order valence-electron chi connectivity index (χ3n) is 5.16. The minimum absolute atomic E-state index is 0.538. The molecule has 1 rings (SSSR count). The summed E-state index contributed by atoms with van der Waals surface area (Å²) in [5, 5.41) is 0. The third-order valence-corrected chi connectivity index (χ3v) is 5.16. The first-order valence-corrected chi connectivity index (χ1v) is 10.5. The van der Waals surface area contributed by atoms with Gasteiger partial charge in [-0.15, -0.1) is 0 Å². The van der Waals surface area contributed by atoms with Crippen molar-refractivity contribution in [2.75, 3.05) is 0 Å². The minimum Gasteiger partial charge on any atom is -0.261 e. The lowest BCUT2D eigenvalue weighted by Gasteiger charge is -2.15. The highest BCUT2D eigenvalue weighted by Crippen LogP contribution is 2.24. The molecule has 0 fully saturated rings. The van der Waals surface area contributed by atoms with Crippen molar-refractivity contribution in [2.45, 2.75) is 117 Å². The molecule has 1 heterocycles. The van der Waals surface area contributed by atoms with Gasteiger partial charge in [0.05, 0.1) is 11.4 Å². The van der Waals surface area contributed by atoms with Gasteiger partial charge in [0.2, 0.25) is 0 Å². The van der Waals surface area contributed by atoms with Gasteiger partial charge in [0.1, 0.15) is 0 Å². The number of unbranched alkanes of at least 4 members (excludes halogenated alkanes) is 8. The second-order valence-electron chi connectivity index (χ2n) is 7.58. The summed E-state index contributed by atoms with van der Waals surface area (Å²) in [5.74, 6) is 1.08. The van der Waals surface area contributed by atoms with Crippen molar-refractivity contribution in [3.8, 4) is 0 Å². The van der Waals surface area contributed by atoms with Gasteiger partial charge in [0, 0.05) is 12.4 Å².